The Kier molecular flexibility index (Phi) is 5.70. The Balaban J connectivity index is 1.24. The van der Waals surface area contributed by atoms with Gasteiger partial charge in [0.1, 0.15) is 11.2 Å². The van der Waals surface area contributed by atoms with Gasteiger partial charge >= 0.3 is 0 Å². The van der Waals surface area contributed by atoms with Crippen LogP contribution in [-0.4, -0.2) is 14.5 Å². The minimum atomic E-state index is -0.138. The minimum Gasteiger partial charge on any atom is -0.455 e. The van der Waals surface area contributed by atoms with Crippen molar-refractivity contribution in [2.75, 3.05) is 0 Å². The lowest BCUT2D eigenvalue weighted by Crippen LogP contribution is -2.14. The van der Waals surface area contributed by atoms with Gasteiger partial charge in [-0.2, -0.15) is 0 Å². The lowest BCUT2D eigenvalue weighted by molar-refractivity contribution is 0.661. The van der Waals surface area contributed by atoms with Crippen molar-refractivity contribution in [1.29, 1.82) is 0 Å². The van der Waals surface area contributed by atoms with Gasteiger partial charge in [0.05, 0.1) is 27.8 Å². The standard InChI is InChI=1S/C47H31N3O/c1-47(2)35-22-11-9-18-30(35)40-36(47)25-24-33-43(28-14-5-3-6-15-28)48-46(49-44(33)40)34-21-13-20-32-42-39(51-45(32)34)27-26-38-41(42)31-19-10-12-23-37(31)50(38)29-16-7-4-8-17-29/h3-27H,1-2H3. The molecule has 0 aliphatic heterocycles. The van der Waals surface area contributed by atoms with Crippen LogP contribution in [0.5, 0.6) is 0 Å². The van der Waals surface area contributed by atoms with E-state index in [0.29, 0.717) is 5.82 Å². The van der Waals surface area contributed by atoms with Gasteiger partial charge in [-0.25, -0.2) is 9.97 Å². The van der Waals surface area contributed by atoms with Crippen LogP contribution in [0.2, 0.25) is 0 Å². The zero-order valence-corrected chi connectivity index (χ0v) is 28.2. The molecule has 0 atom stereocenters. The van der Waals surface area contributed by atoms with E-state index in [1.807, 2.05) is 0 Å². The maximum absolute atomic E-state index is 6.86. The maximum Gasteiger partial charge on any atom is 0.164 e. The Labute approximate surface area is 294 Å². The van der Waals surface area contributed by atoms with Gasteiger partial charge in [0.15, 0.2) is 5.82 Å². The van der Waals surface area contributed by atoms with Crippen LogP contribution in [0, 0.1) is 0 Å². The summed E-state index contributed by atoms with van der Waals surface area (Å²) in [6.45, 7) is 4.63. The van der Waals surface area contributed by atoms with Crippen molar-refractivity contribution in [2.45, 2.75) is 19.3 Å². The zero-order valence-electron chi connectivity index (χ0n) is 28.2. The number of hydrogen-bond donors (Lipinski definition) is 0. The van der Waals surface area contributed by atoms with Crippen LogP contribution < -0.4 is 0 Å². The van der Waals surface area contributed by atoms with Gasteiger partial charge in [-0.05, 0) is 53.1 Å². The van der Waals surface area contributed by atoms with Crippen LogP contribution in [-0.2, 0) is 5.41 Å². The van der Waals surface area contributed by atoms with E-state index in [0.717, 1.165) is 60.9 Å². The van der Waals surface area contributed by atoms with Crippen molar-refractivity contribution in [3.8, 4) is 39.5 Å². The molecule has 1 aliphatic carbocycles. The largest absolute Gasteiger partial charge is 0.455 e. The molecule has 1 aliphatic rings. The Bertz CT molecular complexity index is 3040. The smallest absolute Gasteiger partial charge is 0.164 e. The molecule has 51 heavy (non-hydrogen) atoms. The quantitative estimate of drug-likeness (QED) is 0.191. The molecule has 4 heteroatoms. The molecule has 0 amide bonds. The summed E-state index contributed by atoms with van der Waals surface area (Å²) in [5, 5.41) is 5.59. The average Bonchev–Trinajstić information content (AvgIpc) is 3.80. The zero-order chi connectivity index (χ0) is 33.8. The molecule has 0 spiro atoms. The van der Waals surface area contributed by atoms with Crippen LogP contribution in [0.1, 0.15) is 25.0 Å². The monoisotopic (exact) mass is 653 g/mol. The SMILES string of the molecule is CC1(C)c2ccccc2-c2c1ccc1c(-c3ccccc3)nc(-c3cccc4c3oc3ccc5c(c6ccccc6n5-c5ccccc5)c34)nc21. The van der Waals surface area contributed by atoms with Crippen molar-refractivity contribution in [1.82, 2.24) is 14.5 Å². The highest BCUT2D eigenvalue weighted by molar-refractivity contribution is 6.28. The molecule has 3 heterocycles. The number of hydrogen-bond acceptors (Lipinski definition) is 3. The summed E-state index contributed by atoms with van der Waals surface area (Å²) in [6.07, 6.45) is 0. The fourth-order valence-corrected chi connectivity index (χ4v) is 8.70. The molecule has 0 radical (unpaired) electrons. The molecule has 11 rings (SSSR count). The van der Waals surface area contributed by atoms with Gasteiger partial charge in [0, 0.05) is 49.2 Å². The summed E-state index contributed by atoms with van der Waals surface area (Å²) in [6, 6.07) is 53.7. The topological polar surface area (TPSA) is 43.9 Å². The second-order valence-electron chi connectivity index (χ2n) is 14.1. The molecule has 7 aromatic carbocycles. The number of para-hydroxylation sites is 3. The molecule has 0 bridgehead atoms. The van der Waals surface area contributed by atoms with Gasteiger partial charge in [0.25, 0.3) is 0 Å². The van der Waals surface area contributed by atoms with E-state index < -0.39 is 0 Å². The van der Waals surface area contributed by atoms with Gasteiger partial charge in [-0.1, -0.05) is 129 Å². The third kappa shape index (κ3) is 3.85. The molecule has 0 saturated carbocycles. The molecule has 4 nitrogen and oxygen atoms in total. The number of rotatable bonds is 3. The molecular formula is C47H31N3O. The summed E-state index contributed by atoms with van der Waals surface area (Å²) in [4.78, 5) is 10.8. The van der Waals surface area contributed by atoms with E-state index in [-0.39, 0.29) is 5.41 Å². The summed E-state index contributed by atoms with van der Waals surface area (Å²) in [5.74, 6) is 0.657. The molecule has 3 aromatic heterocycles. The molecular weight excluding hydrogens is 623 g/mol. The summed E-state index contributed by atoms with van der Waals surface area (Å²) >= 11 is 0. The van der Waals surface area contributed by atoms with Gasteiger partial charge in [-0.15, -0.1) is 0 Å². The normalized spacial score (nSPS) is 13.5. The van der Waals surface area contributed by atoms with Crippen LogP contribution in [0.3, 0.4) is 0 Å². The molecule has 0 unspecified atom stereocenters. The summed E-state index contributed by atoms with van der Waals surface area (Å²) in [5.41, 5.74) is 13.8. The summed E-state index contributed by atoms with van der Waals surface area (Å²) < 4.78 is 9.21. The van der Waals surface area contributed by atoms with E-state index in [1.54, 1.807) is 0 Å². The second-order valence-corrected chi connectivity index (χ2v) is 14.1. The first kappa shape index (κ1) is 28.3. The van der Waals surface area contributed by atoms with Gasteiger partial charge in [0.2, 0.25) is 0 Å². The molecule has 0 N–H and O–H groups in total. The van der Waals surface area contributed by atoms with Crippen LogP contribution in [0.25, 0.3) is 94.1 Å². The highest BCUT2D eigenvalue weighted by atomic mass is 16.3. The molecule has 10 aromatic rings. The highest BCUT2D eigenvalue weighted by Crippen LogP contribution is 2.52. The molecule has 240 valence electrons. The first-order valence-electron chi connectivity index (χ1n) is 17.5. The number of fused-ring (bicyclic) bond motifs is 12. The van der Waals surface area contributed by atoms with Crippen LogP contribution >= 0.6 is 0 Å². The first-order valence-corrected chi connectivity index (χ1v) is 17.5. The third-order valence-corrected chi connectivity index (χ3v) is 11.0. The Hall–Kier alpha value is -6.52. The van der Waals surface area contributed by atoms with Gasteiger partial charge < -0.3 is 8.98 Å². The van der Waals surface area contributed by atoms with Crippen molar-refractivity contribution in [2.24, 2.45) is 0 Å². The van der Waals surface area contributed by atoms with Crippen molar-refractivity contribution >= 4 is 54.6 Å². The number of benzene rings is 7. The van der Waals surface area contributed by atoms with Crippen molar-refractivity contribution in [3.63, 3.8) is 0 Å². The van der Waals surface area contributed by atoms with Crippen molar-refractivity contribution in [3.05, 3.63) is 163 Å². The Morgan fingerprint density at radius 2 is 1.25 bits per heavy atom. The third-order valence-electron chi connectivity index (χ3n) is 11.0. The Morgan fingerprint density at radius 3 is 2.12 bits per heavy atom. The fraction of sp³-hybridized carbons (Fsp3) is 0.0638. The predicted octanol–water partition coefficient (Wildman–Crippen LogP) is 12.3. The predicted molar refractivity (Wildman–Crippen MR) is 210 cm³/mol. The Morgan fingerprint density at radius 1 is 0.529 bits per heavy atom. The van der Waals surface area contributed by atoms with E-state index >= 15 is 0 Å². The lowest BCUT2D eigenvalue weighted by Gasteiger charge is -2.21. The highest BCUT2D eigenvalue weighted by Gasteiger charge is 2.37. The first-order chi connectivity index (χ1) is 25.1. The number of aromatic nitrogens is 3. The van der Waals surface area contributed by atoms with E-state index in [9.17, 15) is 0 Å². The summed E-state index contributed by atoms with van der Waals surface area (Å²) in [7, 11) is 0. The lowest BCUT2D eigenvalue weighted by atomic mass is 9.82. The van der Waals surface area contributed by atoms with Crippen molar-refractivity contribution < 1.29 is 4.42 Å². The minimum absolute atomic E-state index is 0.138. The number of nitrogens with zero attached hydrogens (tertiary/aromatic N) is 3. The van der Waals surface area contributed by atoms with E-state index in [1.165, 1.54) is 38.5 Å². The van der Waals surface area contributed by atoms with E-state index in [2.05, 4.69) is 170 Å². The maximum atomic E-state index is 6.86. The van der Waals surface area contributed by atoms with E-state index in [4.69, 9.17) is 14.4 Å². The van der Waals surface area contributed by atoms with Crippen LogP contribution in [0.4, 0.5) is 0 Å². The average molecular weight is 654 g/mol. The second kappa shape index (κ2) is 10.3. The fourth-order valence-electron chi connectivity index (χ4n) is 8.70. The van der Waals surface area contributed by atoms with Gasteiger partial charge in [-0.3, -0.25) is 0 Å². The molecule has 0 fully saturated rings. The molecule has 0 saturated heterocycles. The van der Waals surface area contributed by atoms with Crippen LogP contribution in [0.15, 0.2) is 156 Å². The number of furan rings is 1.